The van der Waals surface area contributed by atoms with Crippen molar-refractivity contribution in [3.8, 4) is 11.9 Å². The maximum atomic E-state index is 12.6. The lowest BCUT2D eigenvalue weighted by atomic mass is 10.1. The van der Waals surface area contributed by atoms with Crippen LogP contribution in [0.3, 0.4) is 0 Å². The molecule has 9 heteroatoms. The molecule has 1 aromatic heterocycles. The maximum Gasteiger partial charge on any atom is 0.338 e. The number of carbonyl (C=O) groups excluding carboxylic acids is 1. The number of fused-ring (bicyclic) bond motifs is 1. The first-order valence-corrected chi connectivity index (χ1v) is 8.17. The number of ether oxygens (including phenoxy) is 1. The molecule has 0 bridgehead atoms. The first-order chi connectivity index (χ1) is 13.0. The topological polar surface area (TPSA) is 137 Å². The molecule has 0 unspecified atom stereocenters. The van der Waals surface area contributed by atoms with Crippen molar-refractivity contribution in [1.82, 2.24) is 4.57 Å². The molecule has 3 rings (SSSR count). The number of hydrogen-bond acceptors (Lipinski definition) is 8. The van der Waals surface area contributed by atoms with Crippen LogP contribution in [-0.4, -0.2) is 27.4 Å². The average Bonchev–Trinajstić information content (AvgIpc) is 3.02. The third kappa shape index (κ3) is 3.30. The molecule has 138 valence electrons. The van der Waals surface area contributed by atoms with E-state index in [-0.39, 0.29) is 43.0 Å². The van der Waals surface area contributed by atoms with E-state index in [0.717, 1.165) is 4.57 Å². The number of esters is 1. The number of hydrogen-bond donors (Lipinski definition) is 2. The van der Waals surface area contributed by atoms with Gasteiger partial charge >= 0.3 is 5.97 Å². The van der Waals surface area contributed by atoms with Crippen LogP contribution in [0.2, 0.25) is 0 Å². The van der Waals surface area contributed by atoms with E-state index in [1.54, 1.807) is 18.2 Å². The lowest BCUT2D eigenvalue weighted by Crippen LogP contribution is -2.22. The van der Waals surface area contributed by atoms with Gasteiger partial charge in [0.25, 0.3) is 5.56 Å². The Bertz CT molecular complexity index is 1050. The lowest BCUT2D eigenvalue weighted by molar-refractivity contribution is 0.0535. The Hall–Kier alpha value is -3.51. The smallest absolute Gasteiger partial charge is 0.338 e. The van der Waals surface area contributed by atoms with Crippen LogP contribution in [0.5, 0.6) is 5.88 Å². The van der Waals surface area contributed by atoms with Crippen molar-refractivity contribution in [2.75, 3.05) is 6.61 Å². The summed E-state index contributed by atoms with van der Waals surface area (Å²) in [5.41, 5.74) is 1.01. The molecule has 0 aliphatic carbocycles. The van der Waals surface area contributed by atoms with E-state index in [2.05, 4.69) is 10.2 Å². The predicted octanol–water partition coefficient (Wildman–Crippen LogP) is 2.20. The van der Waals surface area contributed by atoms with Crippen LogP contribution in [0.1, 0.15) is 33.5 Å². The van der Waals surface area contributed by atoms with Crippen LogP contribution < -0.4 is 5.56 Å². The van der Waals surface area contributed by atoms with Gasteiger partial charge in [0.2, 0.25) is 5.88 Å². The van der Waals surface area contributed by atoms with Crippen LogP contribution >= 0.6 is 0 Å². The van der Waals surface area contributed by atoms with Gasteiger partial charge < -0.3 is 14.9 Å². The molecule has 0 radical (unpaired) electrons. The monoisotopic (exact) mass is 368 g/mol. The molecular formula is C18H16N4O5. The summed E-state index contributed by atoms with van der Waals surface area (Å²) in [4.78, 5) is 24.1. The summed E-state index contributed by atoms with van der Waals surface area (Å²) in [7, 11) is 0. The molecule has 0 saturated carbocycles. The van der Waals surface area contributed by atoms with Crippen molar-refractivity contribution < 1.29 is 19.7 Å². The summed E-state index contributed by atoms with van der Waals surface area (Å²) in [6.45, 7) is 1.52. The Labute approximate surface area is 153 Å². The van der Waals surface area contributed by atoms with Crippen molar-refractivity contribution >= 4 is 17.3 Å². The highest BCUT2D eigenvalue weighted by atomic mass is 16.5. The van der Waals surface area contributed by atoms with Crippen LogP contribution in [0.25, 0.3) is 0 Å². The Morgan fingerprint density at radius 3 is 2.81 bits per heavy atom. The molecule has 1 aliphatic heterocycles. The normalized spacial score (nSPS) is 12.9. The maximum absolute atomic E-state index is 12.6. The fourth-order valence-corrected chi connectivity index (χ4v) is 2.78. The molecule has 0 amide bonds. The highest BCUT2D eigenvalue weighted by Crippen LogP contribution is 2.29. The zero-order valence-electron chi connectivity index (χ0n) is 14.5. The molecule has 9 nitrogen and oxygen atoms in total. The quantitative estimate of drug-likeness (QED) is 0.613. The summed E-state index contributed by atoms with van der Waals surface area (Å²) >= 11 is 0. The minimum atomic E-state index is -0.610. The first kappa shape index (κ1) is 18.3. The summed E-state index contributed by atoms with van der Waals surface area (Å²) in [6, 6.07) is 6.63. The Morgan fingerprint density at radius 2 is 2.11 bits per heavy atom. The fraction of sp³-hybridized carbons (Fsp3) is 0.278. The molecule has 1 aromatic carbocycles. The molecule has 1 aliphatic rings. The molecular weight excluding hydrogens is 352 g/mol. The van der Waals surface area contributed by atoms with Crippen LogP contribution in [0, 0.1) is 18.3 Å². The number of nitrogens with zero attached hydrogens (tertiary/aromatic N) is 4. The van der Waals surface area contributed by atoms with E-state index in [4.69, 9.17) is 9.84 Å². The number of carbonyl (C=O) groups is 1. The van der Waals surface area contributed by atoms with Crippen molar-refractivity contribution in [1.29, 1.82) is 5.26 Å². The number of aromatic nitrogens is 1. The average molecular weight is 368 g/mol. The number of aliphatic hydroxyl groups excluding tert-OH is 1. The number of nitriles is 1. The molecule has 0 spiro atoms. The van der Waals surface area contributed by atoms with Gasteiger partial charge in [0.15, 0.2) is 5.69 Å². The fourth-order valence-electron chi connectivity index (χ4n) is 2.78. The van der Waals surface area contributed by atoms with Crippen LogP contribution in [-0.2, 0) is 17.9 Å². The molecule has 0 saturated heterocycles. The first-order valence-electron chi connectivity index (χ1n) is 8.17. The van der Waals surface area contributed by atoms with Gasteiger partial charge in [0, 0.05) is 24.3 Å². The van der Waals surface area contributed by atoms with E-state index in [9.17, 15) is 20.0 Å². The molecule has 0 atom stereocenters. The van der Waals surface area contributed by atoms with Gasteiger partial charge in [0.05, 0.1) is 11.3 Å². The van der Waals surface area contributed by atoms with Gasteiger partial charge in [-0.2, -0.15) is 10.4 Å². The highest BCUT2D eigenvalue weighted by Gasteiger charge is 2.21. The zero-order chi connectivity index (χ0) is 19.6. The summed E-state index contributed by atoms with van der Waals surface area (Å²) in [5, 5.41) is 36.4. The van der Waals surface area contributed by atoms with Crippen molar-refractivity contribution in [2.45, 2.75) is 26.5 Å². The number of benzene rings is 1. The minimum absolute atomic E-state index is 0.0386. The molecule has 2 heterocycles. The molecule has 0 fully saturated rings. The van der Waals surface area contributed by atoms with Gasteiger partial charge in [-0.3, -0.25) is 9.36 Å². The second kappa shape index (κ2) is 7.39. The number of aliphatic hydroxyl groups is 1. The Kier molecular flexibility index (Phi) is 5.00. The minimum Gasteiger partial charge on any atom is -0.493 e. The van der Waals surface area contributed by atoms with Gasteiger partial charge in [-0.15, -0.1) is 5.11 Å². The van der Waals surface area contributed by atoms with E-state index in [0.29, 0.717) is 16.8 Å². The second-order valence-corrected chi connectivity index (χ2v) is 5.94. The van der Waals surface area contributed by atoms with Crippen molar-refractivity contribution in [3.63, 3.8) is 0 Å². The van der Waals surface area contributed by atoms with Gasteiger partial charge in [-0.25, -0.2) is 4.79 Å². The third-order valence-corrected chi connectivity index (χ3v) is 4.24. The highest BCUT2D eigenvalue weighted by molar-refractivity contribution is 5.93. The number of rotatable bonds is 5. The number of aromatic hydroxyl groups is 1. The summed E-state index contributed by atoms with van der Waals surface area (Å²) in [5.74, 6) is -0.853. The van der Waals surface area contributed by atoms with E-state index in [1.165, 1.54) is 6.92 Å². The number of azo groups is 1. The largest absolute Gasteiger partial charge is 0.493 e. The van der Waals surface area contributed by atoms with Crippen molar-refractivity contribution in [3.05, 3.63) is 50.8 Å². The summed E-state index contributed by atoms with van der Waals surface area (Å²) in [6.07, 6.45) is 0.233. The Morgan fingerprint density at radius 1 is 1.33 bits per heavy atom. The van der Waals surface area contributed by atoms with E-state index < -0.39 is 17.4 Å². The molecule has 2 aromatic rings. The standard InChI is InChI=1S/C18H16N4O5/c1-10-14(8-19)16(24)22(5-2-6-23)17(25)15(10)21-20-12-3-4-13-11(7-12)9-27-18(13)26/h3-4,7,23-24H,2,5-6,9H2,1H3. The zero-order valence-corrected chi connectivity index (χ0v) is 14.5. The molecule has 27 heavy (non-hydrogen) atoms. The Balaban J connectivity index is 2.04. The van der Waals surface area contributed by atoms with Gasteiger partial charge in [-0.05, 0) is 31.5 Å². The lowest BCUT2D eigenvalue weighted by Gasteiger charge is -2.12. The van der Waals surface area contributed by atoms with Gasteiger partial charge in [-0.1, -0.05) is 0 Å². The van der Waals surface area contributed by atoms with Crippen molar-refractivity contribution in [2.24, 2.45) is 10.2 Å². The van der Waals surface area contributed by atoms with Crippen LogP contribution in [0.15, 0.2) is 33.2 Å². The summed E-state index contributed by atoms with van der Waals surface area (Å²) < 4.78 is 5.92. The predicted molar refractivity (Wildman–Crippen MR) is 93.3 cm³/mol. The number of pyridine rings is 1. The van der Waals surface area contributed by atoms with Crippen LogP contribution in [0.4, 0.5) is 11.4 Å². The SMILES string of the molecule is Cc1c(C#N)c(O)n(CCCO)c(=O)c1N=Nc1ccc2c(c1)COC2=O. The molecule has 2 N–H and O–H groups in total. The van der Waals surface area contributed by atoms with E-state index >= 15 is 0 Å². The second-order valence-electron chi connectivity index (χ2n) is 5.94. The third-order valence-electron chi connectivity index (χ3n) is 4.24. The number of cyclic esters (lactones) is 1. The van der Waals surface area contributed by atoms with E-state index in [1.807, 2.05) is 6.07 Å². The van der Waals surface area contributed by atoms with Gasteiger partial charge in [0.1, 0.15) is 18.2 Å².